The molecule has 2 heterocycles. The van der Waals surface area contributed by atoms with Crippen LogP contribution in [0.25, 0.3) is 0 Å². The minimum atomic E-state index is -0.361. The molecule has 8 heteroatoms. The smallest absolute Gasteiger partial charge is 0.410 e. The fraction of sp³-hybridized carbons (Fsp3) is 0.458. The van der Waals surface area contributed by atoms with Gasteiger partial charge < -0.3 is 28.6 Å². The Morgan fingerprint density at radius 3 is 2.75 bits per heavy atom. The molecule has 2 aliphatic rings. The lowest BCUT2D eigenvalue weighted by Gasteiger charge is -2.38. The summed E-state index contributed by atoms with van der Waals surface area (Å²) in [5, 5.41) is 0. The Morgan fingerprint density at radius 2 is 1.97 bits per heavy atom. The zero-order valence-electron chi connectivity index (χ0n) is 18.3. The van der Waals surface area contributed by atoms with Crippen LogP contribution >= 0.6 is 0 Å². The summed E-state index contributed by atoms with van der Waals surface area (Å²) in [6.07, 6.45) is 0.0417. The van der Waals surface area contributed by atoms with E-state index in [1.807, 2.05) is 24.3 Å². The van der Waals surface area contributed by atoms with Crippen molar-refractivity contribution in [2.24, 2.45) is 5.92 Å². The summed E-state index contributed by atoms with van der Waals surface area (Å²) in [4.78, 5) is 14.4. The number of hydrogen-bond acceptors (Lipinski definition) is 6. The number of rotatable bonds is 7. The lowest BCUT2D eigenvalue weighted by molar-refractivity contribution is 0.0166. The van der Waals surface area contributed by atoms with Crippen LogP contribution < -0.4 is 14.2 Å². The van der Waals surface area contributed by atoms with Gasteiger partial charge in [-0.1, -0.05) is 12.1 Å². The van der Waals surface area contributed by atoms with Crippen molar-refractivity contribution in [2.45, 2.75) is 25.4 Å². The Hall–Kier alpha value is -3.00. The fourth-order valence-corrected chi connectivity index (χ4v) is 4.20. The fourth-order valence-electron chi connectivity index (χ4n) is 4.20. The van der Waals surface area contributed by atoms with Crippen LogP contribution in [-0.2, 0) is 9.47 Å². The molecule has 2 aromatic rings. The molecule has 0 bridgehead atoms. The van der Waals surface area contributed by atoms with E-state index >= 15 is 0 Å². The average molecular weight is 445 g/mol. The van der Waals surface area contributed by atoms with Crippen LogP contribution in [-0.4, -0.2) is 57.3 Å². The van der Waals surface area contributed by atoms with Gasteiger partial charge in [-0.15, -0.1) is 0 Å². The second kappa shape index (κ2) is 10.1. The van der Waals surface area contributed by atoms with E-state index in [9.17, 15) is 9.18 Å². The predicted octanol–water partition coefficient (Wildman–Crippen LogP) is 4.21. The number of piperidine rings is 1. The number of amides is 1. The highest BCUT2D eigenvalue weighted by Gasteiger charge is 2.34. The van der Waals surface area contributed by atoms with Gasteiger partial charge in [0.15, 0.2) is 11.5 Å². The van der Waals surface area contributed by atoms with E-state index in [0.29, 0.717) is 43.6 Å². The molecule has 0 aromatic heterocycles. The summed E-state index contributed by atoms with van der Waals surface area (Å²) in [7, 11) is 1.57. The van der Waals surface area contributed by atoms with Gasteiger partial charge in [0, 0.05) is 32.2 Å². The Labute approximate surface area is 187 Å². The zero-order valence-corrected chi connectivity index (χ0v) is 18.3. The molecular weight excluding hydrogens is 417 g/mol. The van der Waals surface area contributed by atoms with E-state index in [-0.39, 0.29) is 36.6 Å². The van der Waals surface area contributed by atoms with Crippen molar-refractivity contribution in [3.05, 3.63) is 53.8 Å². The number of ether oxygens (including phenoxy) is 5. The van der Waals surface area contributed by atoms with Crippen LogP contribution in [0.2, 0.25) is 0 Å². The largest absolute Gasteiger partial charge is 0.493 e. The molecule has 2 aliphatic heterocycles. The first kappa shape index (κ1) is 22.2. The van der Waals surface area contributed by atoms with Gasteiger partial charge in [0.2, 0.25) is 6.79 Å². The summed E-state index contributed by atoms with van der Waals surface area (Å²) in [5.74, 6) is 1.88. The van der Waals surface area contributed by atoms with Gasteiger partial charge in [-0.05, 0) is 49.1 Å². The van der Waals surface area contributed by atoms with Gasteiger partial charge in [-0.3, -0.25) is 0 Å². The Bertz CT molecular complexity index is 921. The molecular formula is C24H28FNO6. The number of fused-ring (bicyclic) bond motifs is 1. The maximum Gasteiger partial charge on any atom is 0.410 e. The van der Waals surface area contributed by atoms with Crippen molar-refractivity contribution in [2.75, 3.05) is 40.2 Å². The number of hydrogen-bond donors (Lipinski definition) is 0. The molecule has 1 fully saturated rings. The molecule has 3 atom stereocenters. The van der Waals surface area contributed by atoms with Gasteiger partial charge in [-0.25, -0.2) is 9.18 Å². The van der Waals surface area contributed by atoms with Gasteiger partial charge >= 0.3 is 6.09 Å². The van der Waals surface area contributed by atoms with Gasteiger partial charge in [0.25, 0.3) is 0 Å². The second-order valence-corrected chi connectivity index (χ2v) is 8.13. The molecule has 3 unspecified atom stereocenters. The standard InChI is InChI=1S/C24H28FNO6/c1-16(13-28-2)32-24(27)26-10-9-21(17-3-5-19(25)6-4-17)18(12-26)14-29-20-7-8-22-23(11-20)31-15-30-22/h3-8,11,16,18,21H,9-10,12-15H2,1-2H3. The average Bonchev–Trinajstić information content (AvgIpc) is 3.26. The Balaban J connectivity index is 1.46. The van der Waals surface area contributed by atoms with Crippen molar-refractivity contribution in [3.63, 3.8) is 0 Å². The normalized spacial score (nSPS) is 20.7. The molecule has 172 valence electrons. The molecule has 1 amide bonds. The number of nitrogens with zero attached hydrogens (tertiary/aromatic N) is 1. The van der Waals surface area contributed by atoms with Gasteiger partial charge in [0.05, 0.1) is 13.2 Å². The molecule has 32 heavy (non-hydrogen) atoms. The first-order chi connectivity index (χ1) is 15.5. The number of methoxy groups -OCH3 is 1. The molecule has 0 aliphatic carbocycles. The molecule has 7 nitrogen and oxygen atoms in total. The minimum absolute atomic E-state index is 0.00455. The molecule has 2 aromatic carbocycles. The van der Waals surface area contributed by atoms with Crippen molar-refractivity contribution in [1.29, 1.82) is 0 Å². The lowest BCUT2D eigenvalue weighted by Crippen LogP contribution is -2.46. The highest BCUT2D eigenvalue weighted by molar-refractivity contribution is 5.68. The van der Waals surface area contributed by atoms with E-state index < -0.39 is 0 Å². The summed E-state index contributed by atoms with van der Waals surface area (Å²) in [6.45, 7) is 3.76. The monoisotopic (exact) mass is 445 g/mol. The number of halogens is 1. The molecule has 0 spiro atoms. The first-order valence-corrected chi connectivity index (χ1v) is 10.8. The molecule has 4 rings (SSSR count). The van der Waals surface area contributed by atoms with E-state index in [0.717, 1.165) is 12.0 Å². The maximum absolute atomic E-state index is 13.5. The molecule has 1 saturated heterocycles. The number of benzene rings is 2. The lowest BCUT2D eigenvalue weighted by atomic mass is 9.81. The van der Waals surface area contributed by atoms with E-state index in [1.165, 1.54) is 12.1 Å². The first-order valence-electron chi connectivity index (χ1n) is 10.8. The third-order valence-electron chi connectivity index (χ3n) is 5.80. The highest BCUT2D eigenvalue weighted by atomic mass is 19.1. The van der Waals surface area contributed by atoms with E-state index in [2.05, 4.69) is 0 Å². The van der Waals surface area contributed by atoms with Crippen LogP contribution in [0, 0.1) is 11.7 Å². The quantitative estimate of drug-likeness (QED) is 0.636. The van der Waals surface area contributed by atoms with Gasteiger partial charge in [0.1, 0.15) is 17.7 Å². The number of carbonyl (C=O) groups excluding carboxylic acids is 1. The van der Waals surface area contributed by atoms with Crippen LogP contribution in [0.1, 0.15) is 24.8 Å². The zero-order chi connectivity index (χ0) is 22.5. The molecule has 0 saturated carbocycles. The summed E-state index contributed by atoms with van der Waals surface area (Å²) in [5.41, 5.74) is 1.03. The van der Waals surface area contributed by atoms with E-state index in [1.54, 1.807) is 25.0 Å². The van der Waals surface area contributed by atoms with Crippen molar-refractivity contribution in [3.8, 4) is 17.2 Å². The predicted molar refractivity (Wildman–Crippen MR) is 115 cm³/mol. The topological polar surface area (TPSA) is 66.5 Å². The Kier molecular flexibility index (Phi) is 6.99. The third kappa shape index (κ3) is 5.24. The van der Waals surface area contributed by atoms with Crippen molar-refractivity contribution >= 4 is 6.09 Å². The summed E-state index contributed by atoms with van der Waals surface area (Å²) < 4.78 is 40.8. The minimum Gasteiger partial charge on any atom is -0.493 e. The maximum atomic E-state index is 13.5. The van der Waals surface area contributed by atoms with Crippen LogP contribution in [0.3, 0.4) is 0 Å². The van der Waals surface area contributed by atoms with Crippen LogP contribution in [0.5, 0.6) is 17.2 Å². The summed E-state index contributed by atoms with van der Waals surface area (Å²) >= 11 is 0. The third-order valence-corrected chi connectivity index (χ3v) is 5.80. The Morgan fingerprint density at radius 1 is 1.19 bits per heavy atom. The summed E-state index contributed by atoms with van der Waals surface area (Å²) in [6, 6.07) is 12.0. The van der Waals surface area contributed by atoms with Gasteiger partial charge in [-0.2, -0.15) is 0 Å². The SMILES string of the molecule is COCC(C)OC(=O)N1CCC(c2ccc(F)cc2)C(COc2ccc3c(c2)OCO3)C1. The number of likely N-dealkylation sites (tertiary alicyclic amines) is 1. The van der Waals surface area contributed by atoms with E-state index in [4.69, 9.17) is 23.7 Å². The van der Waals surface area contributed by atoms with Crippen molar-refractivity contribution in [1.82, 2.24) is 4.90 Å². The van der Waals surface area contributed by atoms with Crippen molar-refractivity contribution < 1.29 is 32.9 Å². The van der Waals surface area contributed by atoms with Crippen LogP contribution in [0.15, 0.2) is 42.5 Å². The molecule has 0 N–H and O–H groups in total. The second-order valence-electron chi connectivity index (χ2n) is 8.13. The highest BCUT2D eigenvalue weighted by Crippen LogP contribution is 2.37. The molecule has 0 radical (unpaired) electrons. The number of carbonyl (C=O) groups is 1. The van der Waals surface area contributed by atoms with Crippen LogP contribution in [0.4, 0.5) is 9.18 Å².